The van der Waals surface area contributed by atoms with Gasteiger partial charge in [0.05, 0.1) is 33.0 Å². The molecule has 0 bridgehead atoms. The number of aliphatic hydroxyl groups is 1. The van der Waals surface area contributed by atoms with E-state index in [1.54, 1.807) is 20.3 Å². The molecular formula is C19H28O4. The van der Waals surface area contributed by atoms with Gasteiger partial charge in [-0.2, -0.15) is 0 Å². The molecule has 1 rings (SSSR count). The average molecular weight is 320 g/mol. The number of methoxy groups -OCH3 is 2. The van der Waals surface area contributed by atoms with Gasteiger partial charge >= 0.3 is 0 Å². The predicted octanol–water partition coefficient (Wildman–Crippen LogP) is 3.36. The molecule has 0 aliphatic carbocycles. The van der Waals surface area contributed by atoms with Crippen molar-refractivity contribution in [3.63, 3.8) is 0 Å². The van der Waals surface area contributed by atoms with E-state index in [1.165, 1.54) is 0 Å². The first-order chi connectivity index (χ1) is 11.1. The zero-order valence-electron chi connectivity index (χ0n) is 14.5. The van der Waals surface area contributed by atoms with Crippen LogP contribution in [-0.4, -0.2) is 38.6 Å². The van der Waals surface area contributed by atoms with E-state index in [1.807, 2.05) is 43.3 Å². The highest BCUT2D eigenvalue weighted by Crippen LogP contribution is 2.17. The summed E-state index contributed by atoms with van der Waals surface area (Å²) in [6.45, 7) is 5.25. The molecule has 1 N–H and O–H groups in total. The molecule has 0 heterocycles. The van der Waals surface area contributed by atoms with Crippen LogP contribution in [0, 0.1) is 5.92 Å². The molecule has 2 atom stereocenters. The van der Waals surface area contributed by atoms with Gasteiger partial charge in [-0.05, 0) is 30.2 Å². The van der Waals surface area contributed by atoms with Crippen LogP contribution in [0.3, 0.4) is 0 Å². The lowest BCUT2D eigenvalue weighted by Crippen LogP contribution is -2.20. The van der Waals surface area contributed by atoms with E-state index in [0.29, 0.717) is 13.2 Å². The fraction of sp³-hybridized carbons (Fsp3) is 0.474. The second-order valence-electron chi connectivity index (χ2n) is 5.44. The number of hydrogen-bond donors (Lipinski definition) is 1. The van der Waals surface area contributed by atoms with Crippen LogP contribution < -0.4 is 4.74 Å². The van der Waals surface area contributed by atoms with Gasteiger partial charge in [0.1, 0.15) is 5.75 Å². The lowest BCUT2D eigenvalue weighted by atomic mass is 9.97. The Morgan fingerprint density at radius 3 is 2.48 bits per heavy atom. The Morgan fingerprint density at radius 2 is 1.91 bits per heavy atom. The Hall–Kier alpha value is -1.62. The van der Waals surface area contributed by atoms with Crippen LogP contribution in [0.2, 0.25) is 0 Å². The fourth-order valence-electron chi connectivity index (χ4n) is 2.40. The third-order valence-electron chi connectivity index (χ3n) is 3.68. The lowest BCUT2D eigenvalue weighted by Gasteiger charge is -2.21. The molecule has 4 heteroatoms. The van der Waals surface area contributed by atoms with Gasteiger partial charge in [0.15, 0.2) is 0 Å². The maximum atomic E-state index is 8.85. The molecule has 0 unspecified atom stereocenters. The van der Waals surface area contributed by atoms with Crippen LogP contribution in [0.4, 0.5) is 0 Å². The predicted molar refractivity (Wildman–Crippen MR) is 92.6 cm³/mol. The molecule has 1 aromatic rings. The van der Waals surface area contributed by atoms with Gasteiger partial charge in [-0.3, -0.25) is 0 Å². The van der Waals surface area contributed by atoms with Gasteiger partial charge in [0, 0.05) is 13.0 Å². The van der Waals surface area contributed by atoms with Crippen molar-refractivity contribution in [2.24, 2.45) is 5.92 Å². The smallest absolute Gasteiger partial charge is 0.118 e. The number of hydrogen-bond acceptors (Lipinski definition) is 4. The molecular weight excluding hydrogens is 292 g/mol. The Labute approximate surface area is 139 Å². The molecule has 0 fully saturated rings. The largest absolute Gasteiger partial charge is 0.497 e. The standard InChI is InChI=1S/C19H28O4/c1-15(6-5-12-20)19(22-4)16(2)11-13-23-14-17-7-9-18(21-3)10-8-17/h5-11,15,19-20H,12-14H2,1-4H3/b6-5+,16-11+/t15-,19+/m0/s1. The summed E-state index contributed by atoms with van der Waals surface area (Å²) in [7, 11) is 3.35. The summed E-state index contributed by atoms with van der Waals surface area (Å²) >= 11 is 0. The molecule has 0 spiro atoms. The molecule has 0 aliphatic heterocycles. The number of aliphatic hydroxyl groups excluding tert-OH is 1. The van der Waals surface area contributed by atoms with E-state index < -0.39 is 0 Å². The van der Waals surface area contributed by atoms with E-state index in [0.717, 1.165) is 16.9 Å². The van der Waals surface area contributed by atoms with E-state index in [-0.39, 0.29) is 18.6 Å². The SMILES string of the molecule is COc1ccc(COC/C=C(\C)[C@H](OC)[C@@H](C)/C=C/CO)cc1. The normalized spacial score (nSPS) is 14.9. The second kappa shape index (κ2) is 11.0. The topological polar surface area (TPSA) is 47.9 Å². The zero-order valence-corrected chi connectivity index (χ0v) is 14.5. The van der Waals surface area contributed by atoms with Crippen molar-refractivity contribution in [1.29, 1.82) is 0 Å². The highest BCUT2D eigenvalue weighted by Gasteiger charge is 2.15. The third kappa shape index (κ3) is 6.99. The van der Waals surface area contributed by atoms with Gasteiger partial charge in [0.25, 0.3) is 0 Å². The third-order valence-corrected chi connectivity index (χ3v) is 3.68. The van der Waals surface area contributed by atoms with Crippen LogP contribution >= 0.6 is 0 Å². The van der Waals surface area contributed by atoms with E-state index in [9.17, 15) is 0 Å². The maximum Gasteiger partial charge on any atom is 0.118 e. The lowest BCUT2D eigenvalue weighted by molar-refractivity contribution is 0.100. The molecule has 0 amide bonds. The molecule has 0 saturated heterocycles. The molecule has 23 heavy (non-hydrogen) atoms. The van der Waals surface area contributed by atoms with Crippen molar-refractivity contribution in [3.05, 3.63) is 53.6 Å². The summed E-state index contributed by atoms with van der Waals surface area (Å²) in [6, 6.07) is 7.84. The summed E-state index contributed by atoms with van der Waals surface area (Å²) in [4.78, 5) is 0. The van der Waals surface area contributed by atoms with Gasteiger partial charge in [-0.15, -0.1) is 0 Å². The first-order valence-electron chi connectivity index (χ1n) is 7.80. The average Bonchev–Trinajstić information content (AvgIpc) is 2.58. The zero-order chi connectivity index (χ0) is 17.1. The first kappa shape index (κ1) is 19.4. The molecule has 0 radical (unpaired) electrons. The van der Waals surface area contributed by atoms with Crippen molar-refractivity contribution in [2.45, 2.75) is 26.6 Å². The van der Waals surface area contributed by atoms with Crippen LogP contribution in [0.25, 0.3) is 0 Å². The van der Waals surface area contributed by atoms with E-state index >= 15 is 0 Å². The van der Waals surface area contributed by atoms with Crippen LogP contribution in [-0.2, 0) is 16.1 Å². The number of ether oxygens (including phenoxy) is 3. The van der Waals surface area contributed by atoms with Crippen LogP contribution in [0.5, 0.6) is 5.75 Å². The monoisotopic (exact) mass is 320 g/mol. The van der Waals surface area contributed by atoms with Gasteiger partial charge in [-0.25, -0.2) is 0 Å². The Bertz CT molecular complexity index is 491. The Balaban J connectivity index is 2.46. The van der Waals surface area contributed by atoms with Crippen molar-refractivity contribution >= 4 is 0 Å². The molecule has 4 nitrogen and oxygen atoms in total. The maximum absolute atomic E-state index is 8.85. The highest BCUT2D eigenvalue weighted by molar-refractivity contribution is 5.26. The fourth-order valence-corrected chi connectivity index (χ4v) is 2.40. The molecule has 0 saturated carbocycles. The van der Waals surface area contributed by atoms with Gasteiger partial charge in [0.2, 0.25) is 0 Å². The van der Waals surface area contributed by atoms with Crippen LogP contribution in [0.15, 0.2) is 48.1 Å². The quantitative estimate of drug-likeness (QED) is 0.530. The molecule has 0 aliphatic rings. The highest BCUT2D eigenvalue weighted by atomic mass is 16.5. The summed E-state index contributed by atoms with van der Waals surface area (Å²) in [5.74, 6) is 1.04. The molecule has 128 valence electrons. The Morgan fingerprint density at radius 1 is 1.22 bits per heavy atom. The number of benzene rings is 1. The van der Waals surface area contributed by atoms with Gasteiger partial charge < -0.3 is 19.3 Å². The minimum Gasteiger partial charge on any atom is -0.497 e. The summed E-state index contributed by atoms with van der Waals surface area (Å²) in [6.07, 6.45) is 5.73. The van der Waals surface area contributed by atoms with Crippen LogP contribution in [0.1, 0.15) is 19.4 Å². The molecule has 1 aromatic carbocycles. The van der Waals surface area contributed by atoms with E-state index in [4.69, 9.17) is 19.3 Å². The van der Waals surface area contributed by atoms with Crippen molar-refractivity contribution in [2.75, 3.05) is 27.4 Å². The van der Waals surface area contributed by atoms with Crippen molar-refractivity contribution in [3.8, 4) is 5.75 Å². The minimum absolute atomic E-state index is 0.0117. The number of rotatable bonds is 10. The summed E-state index contributed by atoms with van der Waals surface area (Å²) in [5, 5.41) is 8.85. The summed E-state index contributed by atoms with van der Waals surface area (Å²) < 4.78 is 16.4. The van der Waals surface area contributed by atoms with Gasteiger partial charge in [-0.1, -0.05) is 37.3 Å². The minimum atomic E-state index is -0.0117. The van der Waals surface area contributed by atoms with E-state index in [2.05, 4.69) is 6.92 Å². The molecule has 0 aromatic heterocycles. The Kier molecular flexibility index (Phi) is 9.29. The van der Waals surface area contributed by atoms with Crippen molar-refractivity contribution < 1.29 is 19.3 Å². The second-order valence-corrected chi connectivity index (χ2v) is 5.44. The summed E-state index contributed by atoms with van der Waals surface area (Å²) in [5.41, 5.74) is 2.23. The first-order valence-corrected chi connectivity index (χ1v) is 7.80. The van der Waals surface area contributed by atoms with Crippen molar-refractivity contribution in [1.82, 2.24) is 0 Å².